The molecule has 2 heterocycles. The summed E-state index contributed by atoms with van der Waals surface area (Å²) in [6.45, 7) is 3.64. The summed E-state index contributed by atoms with van der Waals surface area (Å²) in [5.74, 6) is -0.750. The standard InChI is InChI=1S/C13H20N4O4/c1-9-4-3-5-16(6-9)11(18)7-17-10(8-21-2)12(13(19)20)14-15-17/h9H,3-8H2,1-2H3,(H,19,20). The van der Waals surface area contributed by atoms with Crippen LogP contribution in [-0.2, 0) is 22.7 Å². The van der Waals surface area contributed by atoms with E-state index in [1.807, 2.05) is 0 Å². The summed E-state index contributed by atoms with van der Waals surface area (Å²) in [6, 6.07) is 0. The Morgan fingerprint density at radius 3 is 2.86 bits per heavy atom. The average Bonchev–Trinajstić information content (AvgIpc) is 2.82. The van der Waals surface area contributed by atoms with Crippen molar-refractivity contribution in [3.63, 3.8) is 0 Å². The minimum Gasteiger partial charge on any atom is -0.476 e. The van der Waals surface area contributed by atoms with Crippen LogP contribution in [0.15, 0.2) is 0 Å². The first-order chi connectivity index (χ1) is 10.0. The van der Waals surface area contributed by atoms with E-state index in [1.54, 1.807) is 4.90 Å². The number of aromatic carboxylic acids is 1. The maximum atomic E-state index is 12.3. The SMILES string of the molecule is COCc1c(C(=O)O)nnn1CC(=O)N1CCCC(C)C1. The van der Waals surface area contributed by atoms with Gasteiger partial charge < -0.3 is 14.7 Å². The van der Waals surface area contributed by atoms with Crippen molar-refractivity contribution in [2.45, 2.75) is 32.9 Å². The molecule has 21 heavy (non-hydrogen) atoms. The van der Waals surface area contributed by atoms with Gasteiger partial charge in [-0.3, -0.25) is 4.79 Å². The molecule has 1 aromatic heterocycles. The highest BCUT2D eigenvalue weighted by molar-refractivity contribution is 5.86. The highest BCUT2D eigenvalue weighted by Crippen LogP contribution is 2.16. The molecule has 1 atom stereocenters. The van der Waals surface area contributed by atoms with Crippen molar-refractivity contribution in [1.82, 2.24) is 19.9 Å². The molecule has 1 aliphatic heterocycles. The first-order valence-corrected chi connectivity index (χ1v) is 6.95. The smallest absolute Gasteiger partial charge is 0.358 e. The van der Waals surface area contributed by atoms with Gasteiger partial charge in [-0.05, 0) is 18.8 Å². The van der Waals surface area contributed by atoms with Gasteiger partial charge >= 0.3 is 5.97 Å². The molecule has 8 heteroatoms. The molecule has 8 nitrogen and oxygen atoms in total. The topological polar surface area (TPSA) is 97.5 Å². The van der Waals surface area contributed by atoms with Gasteiger partial charge in [0.05, 0.1) is 12.3 Å². The minimum absolute atomic E-state index is 0.00824. The molecule has 116 valence electrons. The third-order valence-electron chi connectivity index (χ3n) is 3.62. The van der Waals surface area contributed by atoms with Crippen LogP contribution < -0.4 is 0 Å². The molecular formula is C13H20N4O4. The molecule has 2 rings (SSSR count). The third kappa shape index (κ3) is 3.57. The van der Waals surface area contributed by atoms with Gasteiger partial charge in [-0.25, -0.2) is 9.48 Å². The molecule has 1 amide bonds. The molecule has 0 saturated carbocycles. The van der Waals surface area contributed by atoms with Crippen LogP contribution >= 0.6 is 0 Å². The second kappa shape index (κ2) is 6.66. The third-order valence-corrected chi connectivity index (χ3v) is 3.62. The first kappa shape index (κ1) is 15.4. The number of aromatic nitrogens is 3. The second-order valence-corrected chi connectivity index (χ2v) is 5.37. The van der Waals surface area contributed by atoms with Gasteiger partial charge in [0.2, 0.25) is 5.91 Å². The van der Waals surface area contributed by atoms with Crippen LogP contribution in [0.3, 0.4) is 0 Å². The fraction of sp³-hybridized carbons (Fsp3) is 0.692. The Morgan fingerprint density at radius 1 is 1.48 bits per heavy atom. The zero-order valence-electron chi connectivity index (χ0n) is 12.3. The van der Waals surface area contributed by atoms with Crippen LogP contribution in [0, 0.1) is 5.92 Å². The predicted octanol–water partition coefficient (Wildman–Crippen LogP) is 0.381. The number of likely N-dealkylation sites (tertiary alicyclic amines) is 1. The zero-order chi connectivity index (χ0) is 15.4. The molecule has 0 aromatic carbocycles. The first-order valence-electron chi connectivity index (χ1n) is 6.95. The number of carbonyl (C=O) groups excluding carboxylic acids is 1. The van der Waals surface area contributed by atoms with E-state index in [2.05, 4.69) is 17.2 Å². The van der Waals surface area contributed by atoms with Crippen molar-refractivity contribution >= 4 is 11.9 Å². The van der Waals surface area contributed by atoms with E-state index in [4.69, 9.17) is 9.84 Å². The maximum absolute atomic E-state index is 12.3. The van der Waals surface area contributed by atoms with Crippen LogP contribution in [0.4, 0.5) is 0 Å². The Hall–Kier alpha value is -1.96. The highest BCUT2D eigenvalue weighted by atomic mass is 16.5. The van der Waals surface area contributed by atoms with Crippen LogP contribution in [0.5, 0.6) is 0 Å². The summed E-state index contributed by atoms with van der Waals surface area (Å²) in [6.07, 6.45) is 2.13. The lowest BCUT2D eigenvalue weighted by Crippen LogP contribution is -2.41. The van der Waals surface area contributed by atoms with Crippen molar-refractivity contribution in [3.8, 4) is 0 Å². The van der Waals surface area contributed by atoms with Crippen molar-refractivity contribution in [1.29, 1.82) is 0 Å². The predicted molar refractivity (Wildman–Crippen MR) is 72.7 cm³/mol. The van der Waals surface area contributed by atoms with E-state index in [0.29, 0.717) is 11.6 Å². The molecule has 0 aliphatic carbocycles. The van der Waals surface area contributed by atoms with Crippen LogP contribution in [-0.4, -0.2) is 57.1 Å². The number of carboxylic acids is 1. The number of hydrogen-bond donors (Lipinski definition) is 1. The van der Waals surface area contributed by atoms with Crippen molar-refractivity contribution in [2.75, 3.05) is 20.2 Å². The molecule has 0 spiro atoms. The summed E-state index contributed by atoms with van der Waals surface area (Å²) in [7, 11) is 1.46. The number of ether oxygens (including phenoxy) is 1. The van der Waals surface area contributed by atoms with Crippen LogP contribution in [0.2, 0.25) is 0 Å². The molecule has 1 N–H and O–H groups in total. The maximum Gasteiger partial charge on any atom is 0.358 e. The number of nitrogens with zero attached hydrogens (tertiary/aromatic N) is 4. The number of amides is 1. The monoisotopic (exact) mass is 296 g/mol. The number of carboxylic acid groups (broad SMARTS) is 1. The average molecular weight is 296 g/mol. The molecule has 0 radical (unpaired) electrons. The molecule has 1 fully saturated rings. The molecule has 0 bridgehead atoms. The van der Waals surface area contributed by atoms with E-state index in [0.717, 1.165) is 25.9 Å². The number of carbonyl (C=O) groups is 2. The van der Waals surface area contributed by atoms with Gasteiger partial charge in [-0.1, -0.05) is 12.1 Å². The fourth-order valence-corrected chi connectivity index (χ4v) is 2.55. The number of hydrogen-bond acceptors (Lipinski definition) is 5. The van der Waals surface area contributed by atoms with E-state index in [1.165, 1.54) is 11.8 Å². The summed E-state index contributed by atoms with van der Waals surface area (Å²) in [4.78, 5) is 25.2. The van der Waals surface area contributed by atoms with Crippen molar-refractivity contribution < 1.29 is 19.4 Å². The van der Waals surface area contributed by atoms with Gasteiger partial charge in [0.15, 0.2) is 5.69 Å². The Balaban J connectivity index is 2.11. The largest absolute Gasteiger partial charge is 0.476 e. The Kier molecular flexibility index (Phi) is 4.89. The lowest BCUT2D eigenvalue weighted by molar-refractivity contribution is -0.133. The molecule has 1 unspecified atom stereocenters. The Labute approximate surface area is 122 Å². The van der Waals surface area contributed by atoms with Gasteiger partial charge in [-0.2, -0.15) is 0 Å². The zero-order valence-corrected chi connectivity index (χ0v) is 12.3. The van der Waals surface area contributed by atoms with Crippen molar-refractivity contribution in [3.05, 3.63) is 11.4 Å². The minimum atomic E-state index is -1.17. The summed E-state index contributed by atoms with van der Waals surface area (Å²) < 4.78 is 6.29. The van der Waals surface area contributed by atoms with E-state index in [-0.39, 0.29) is 24.8 Å². The lowest BCUT2D eigenvalue weighted by Gasteiger charge is -2.31. The van der Waals surface area contributed by atoms with Gasteiger partial charge in [0.1, 0.15) is 6.54 Å². The Bertz CT molecular complexity index is 528. The highest BCUT2D eigenvalue weighted by Gasteiger charge is 2.24. The summed E-state index contributed by atoms with van der Waals surface area (Å²) in [5, 5.41) is 16.4. The van der Waals surface area contributed by atoms with E-state index >= 15 is 0 Å². The molecule has 1 aromatic rings. The second-order valence-electron chi connectivity index (χ2n) is 5.37. The molecule has 1 saturated heterocycles. The Morgan fingerprint density at radius 2 is 2.24 bits per heavy atom. The van der Waals surface area contributed by atoms with E-state index in [9.17, 15) is 9.59 Å². The fourth-order valence-electron chi connectivity index (χ4n) is 2.55. The van der Waals surface area contributed by atoms with Crippen LogP contribution in [0.1, 0.15) is 35.9 Å². The summed E-state index contributed by atoms with van der Waals surface area (Å²) in [5.41, 5.74) is 0.139. The van der Waals surface area contributed by atoms with E-state index < -0.39 is 5.97 Å². The molecule has 1 aliphatic rings. The number of methoxy groups -OCH3 is 1. The van der Waals surface area contributed by atoms with Crippen molar-refractivity contribution in [2.24, 2.45) is 5.92 Å². The normalized spacial score (nSPS) is 18.8. The summed E-state index contributed by atoms with van der Waals surface area (Å²) >= 11 is 0. The van der Waals surface area contributed by atoms with Gasteiger partial charge in [-0.15, -0.1) is 5.10 Å². The molecular weight excluding hydrogens is 276 g/mol. The van der Waals surface area contributed by atoms with Gasteiger partial charge in [0.25, 0.3) is 0 Å². The number of piperidine rings is 1. The number of rotatable bonds is 5. The van der Waals surface area contributed by atoms with Gasteiger partial charge in [0, 0.05) is 20.2 Å². The van der Waals surface area contributed by atoms with Crippen LogP contribution in [0.25, 0.3) is 0 Å². The lowest BCUT2D eigenvalue weighted by atomic mass is 10.0. The quantitative estimate of drug-likeness (QED) is 0.843.